The zero-order valence-electron chi connectivity index (χ0n) is 15.0. The van der Waals surface area contributed by atoms with Crippen molar-refractivity contribution in [3.8, 4) is 11.3 Å². The number of likely N-dealkylation sites (tertiary alicyclic amines) is 1. The Labute approximate surface area is 156 Å². The van der Waals surface area contributed by atoms with Crippen molar-refractivity contribution in [2.45, 2.75) is 19.3 Å². The molecule has 1 aliphatic heterocycles. The van der Waals surface area contributed by atoms with Gasteiger partial charge in [-0.3, -0.25) is 9.59 Å². The van der Waals surface area contributed by atoms with Crippen LogP contribution in [0.25, 0.3) is 11.3 Å². The van der Waals surface area contributed by atoms with Crippen LogP contribution in [0, 0.1) is 11.7 Å². The molecule has 2 heterocycles. The van der Waals surface area contributed by atoms with Gasteiger partial charge in [-0.1, -0.05) is 11.6 Å². The molecule has 1 aromatic carbocycles. The SMILES string of the molecule is NC(=O)C1CN(CCCCCNC(=O)c2cc(-c3ccc(F)cc3)on2)C1. The smallest absolute Gasteiger partial charge is 0.273 e. The Morgan fingerprint density at radius 2 is 1.96 bits per heavy atom. The largest absolute Gasteiger partial charge is 0.369 e. The molecule has 3 N–H and O–H groups in total. The molecule has 0 saturated carbocycles. The van der Waals surface area contributed by atoms with E-state index in [1.165, 1.54) is 12.1 Å². The van der Waals surface area contributed by atoms with E-state index in [2.05, 4.69) is 15.4 Å². The lowest BCUT2D eigenvalue weighted by molar-refractivity contribution is -0.126. The van der Waals surface area contributed by atoms with Crippen LogP contribution in [0.3, 0.4) is 0 Å². The molecule has 0 spiro atoms. The molecule has 1 fully saturated rings. The van der Waals surface area contributed by atoms with Gasteiger partial charge in [-0.05, 0) is 43.7 Å². The average molecular weight is 374 g/mol. The maximum absolute atomic E-state index is 12.9. The van der Waals surface area contributed by atoms with E-state index in [4.69, 9.17) is 10.3 Å². The maximum Gasteiger partial charge on any atom is 0.273 e. The predicted octanol–water partition coefficient (Wildman–Crippen LogP) is 1.80. The zero-order valence-corrected chi connectivity index (χ0v) is 15.0. The molecule has 3 rings (SSSR count). The molecule has 0 atom stereocenters. The first-order valence-electron chi connectivity index (χ1n) is 9.05. The van der Waals surface area contributed by atoms with Gasteiger partial charge < -0.3 is 20.5 Å². The van der Waals surface area contributed by atoms with Crippen LogP contribution < -0.4 is 11.1 Å². The highest BCUT2D eigenvalue weighted by molar-refractivity contribution is 5.93. The second kappa shape index (κ2) is 8.77. The molecule has 0 unspecified atom stereocenters. The number of halogens is 1. The van der Waals surface area contributed by atoms with Crippen LogP contribution >= 0.6 is 0 Å². The summed E-state index contributed by atoms with van der Waals surface area (Å²) in [5, 5.41) is 6.58. The highest BCUT2D eigenvalue weighted by atomic mass is 19.1. The highest BCUT2D eigenvalue weighted by Crippen LogP contribution is 2.20. The van der Waals surface area contributed by atoms with Crippen molar-refractivity contribution < 1.29 is 18.5 Å². The Hall–Kier alpha value is -2.74. The van der Waals surface area contributed by atoms with Crippen molar-refractivity contribution in [2.75, 3.05) is 26.2 Å². The van der Waals surface area contributed by atoms with E-state index in [0.29, 0.717) is 17.9 Å². The van der Waals surface area contributed by atoms with E-state index < -0.39 is 0 Å². The highest BCUT2D eigenvalue weighted by Gasteiger charge is 2.30. The van der Waals surface area contributed by atoms with Crippen LogP contribution in [0.15, 0.2) is 34.9 Å². The van der Waals surface area contributed by atoms with E-state index in [0.717, 1.165) is 38.9 Å². The zero-order chi connectivity index (χ0) is 19.2. The van der Waals surface area contributed by atoms with Crippen LogP contribution in [0.1, 0.15) is 29.8 Å². The first-order valence-corrected chi connectivity index (χ1v) is 9.05. The molecule has 27 heavy (non-hydrogen) atoms. The lowest BCUT2D eigenvalue weighted by Gasteiger charge is -2.37. The number of nitrogens with two attached hydrogens (primary N) is 1. The molecule has 7 nitrogen and oxygen atoms in total. The van der Waals surface area contributed by atoms with Crippen molar-refractivity contribution >= 4 is 11.8 Å². The topological polar surface area (TPSA) is 101 Å². The van der Waals surface area contributed by atoms with Crippen LogP contribution in [-0.4, -0.2) is 48.0 Å². The summed E-state index contributed by atoms with van der Waals surface area (Å²) in [4.78, 5) is 25.3. The molecule has 1 saturated heterocycles. The minimum Gasteiger partial charge on any atom is -0.369 e. The normalized spacial score (nSPS) is 14.7. The lowest BCUT2D eigenvalue weighted by Crippen LogP contribution is -2.52. The Kier molecular flexibility index (Phi) is 6.18. The third-order valence-electron chi connectivity index (χ3n) is 4.67. The van der Waals surface area contributed by atoms with Gasteiger partial charge in [0.15, 0.2) is 11.5 Å². The van der Waals surface area contributed by atoms with Gasteiger partial charge in [-0.15, -0.1) is 0 Å². The second-order valence-electron chi connectivity index (χ2n) is 6.76. The van der Waals surface area contributed by atoms with Gasteiger partial charge in [-0.25, -0.2) is 4.39 Å². The van der Waals surface area contributed by atoms with Gasteiger partial charge >= 0.3 is 0 Å². The third-order valence-corrected chi connectivity index (χ3v) is 4.67. The fourth-order valence-electron chi connectivity index (χ4n) is 2.99. The van der Waals surface area contributed by atoms with Crippen molar-refractivity contribution in [2.24, 2.45) is 11.7 Å². The van der Waals surface area contributed by atoms with E-state index in [1.54, 1.807) is 18.2 Å². The number of primary amides is 1. The van der Waals surface area contributed by atoms with Crippen molar-refractivity contribution in [3.63, 3.8) is 0 Å². The number of unbranched alkanes of at least 4 members (excludes halogenated alkanes) is 2. The Morgan fingerprint density at radius 3 is 2.67 bits per heavy atom. The summed E-state index contributed by atoms with van der Waals surface area (Å²) < 4.78 is 18.1. The number of nitrogens with one attached hydrogen (secondary N) is 1. The molecule has 0 radical (unpaired) electrons. The molecule has 8 heteroatoms. The molecule has 2 aromatic rings. The maximum atomic E-state index is 12.9. The Bertz CT molecular complexity index is 785. The molecule has 1 aromatic heterocycles. The average Bonchev–Trinajstić information content (AvgIpc) is 3.09. The van der Waals surface area contributed by atoms with Gasteiger partial charge in [0.1, 0.15) is 5.82 Å². The quantitative estimate of drug-likeness (QED) is 0.652. The van der Waals surface area contributed by atoms with Crippen molar-refractivity contribution in [1.29, 1.82) is 0 Å². The molecule has 0 bridgehead atoms. The fourth-order valence-corrected chi connectivity index (χ4v) is 2.99. The number of aromatic nitrogens is 1. The monoisotopic (exact) mass is 374 g/mol. The molecule has 144 valence electrons. The predicted molar refractivity (Wildman–Crippen MR) is 97.2 cm³/mol. The molecule has 0 aliphatic carbocycles. The number of rotatable bonds is 9. The summed E-state index contributed by atoms with van der Waals surface area (Å²) in [6.07, 6.45) is 2.86. The summed E-state index contributed by atoms with van der Waals surface area (Å²) in [5.74, 6) is -0.419. The van der Waals surface area contributed by atoms with Crippen LogP contribution in [-0.2, 0) is 4.79 Å². The minimum absolute atomic E-state index is 0.00606. The van der Waals surface area contributed by atoms with E-state index in [9.17, 15) is 14.0 Å². The number of carbonyl (C=O) groups excluding carboxylic acids is 2. The van der Waals surface area contributed by atoms with Crippen LogP contribution in [0.5, 0.6) is 0 Å². The summed E-state index contributed by atoms with van der Waals surface area (Å²) >= 11 is 0. The molecule has 1 aliphatic rings. The van der Waals surface area contributed by atoms with Crippen molar-refractivity contribution in [3.05, 3.63) is 41.8 Å². The summed E-state index contributed by atoms with van der Waals surface area (Å²) in [6, 6.07) is 7.34. The van der Waals surface area contributed by atoms with Crippen molar-refractivity contribution in [1.82, 2.24) is 15.4 Å². The summed E-state index contributed by atoms with van der Waals surface area (Å²) in [6.45, 7) is 3.02. The van der Waals surface area contributed by atoms with E-state index in [1.807, 2.05) is 0 Å². The van der Waals surface area contributed by atoms with E-state index in [-0.39, 0.29) is 29.2 Å². The number of amides is 2. The molecular weight excluding hydrogens is 351 g/mol. The minimum atomic E-state index is -0.335. The Morgan fingerprint density at radius 1 is 1.22 bits per heavy atom. The number of hydrogen-bond donors (Lipinski definition) is 2. The number of benzene rings is 1. The van der Waals surface area contributed by atoms with Gasteiger partial charge in [0.05, 0.1) is 5.92 Å². The van der Waals surface area contributed by atoms with Gasteiger partial charge in [-0.2, -0.15) is 0 Å². The lowest BCUT2D eigenvalue weighted by atomic mass is 9.99. The standard InChI is InChI=1S/C19H23FN4O3/c20-15-6-4-13(5-7-15)17-10-16(23-27-17)19(26)22-8-2-1-3-9-24-11-14(12-24)18(21)25/h4-7,10,14H,1-3,8-9,11-12H2,(H2,21,25)(H,22,26). The van der Waals surface area contributed by atoms with Gasteiger partial charge in [0, 0.05) is 31.3 Å². The fraction of sp³-hybridized carbons (Fsp3) is 0.421. The summed E-state index contributed by atoms with van der Waals surface area (Å²) in [7, 11) is 0. The molecule has 2 amide bonds. The number of hydrogen-bond acceptors (Lipinski definition) is 5. The van der Waals surface area contributed by atoms with Gasteiger partial charge in [0.25, 0.3) is 5.91 Å². The van der Waals surface area contributed by atoms with Crippen LogP contribution in [0.2, 0.25) is 0 Å². The summed E-state index contributed by atoms with van der Waals surface area (Å²) in [5.41, 5.74) is 6.10. The first kappa shape index (κ1) is 19.0. The number of carbonyl (C=O) groups is 2. The molecular formula is C19H23FN4O3. The van der Waals surface area contributed by atoms with Gasteiger partial charge in [0.2, 0.25) is 5.91 Å². The number of nitrogens with zero attached hydrogens (tertiary/aromatic N) is 2. The second-order valence-corrected chi connectivity index (χ2v) is 6.76. The van der Waals surface area contributed by atoms with E-state index >= 15 is 0 Å². The third kappa shape index (κ3) is 5.13. The van der Waals surface area contributed by atoms with Crippen LogP contribution in [0.4, 0.5) is 4.39 Å². The first-order chi connectivity index (χ1) is 13.0. The Balaban J connectivity index is 1.32.